The number of aryl methyl sites for hydroxylation is 2. The molecule has 0 aliphatic heterocycles. The number of carbonyl (C=O) groups is 1. The number of nitrogens with zero attached hydrogens (tertiary/aromatic N) is 2. The zero-order valence-corrected chi connectivity index (χ0v) is 16.3. The molecule has 0 unspecified atom stereocenters. The molecule has 0 spiro atoms. The van der Waals surface area contributed by atoms with E-state index >= 15 is 0 Å². The smallest absolute Gasteiger partial charge is 0.475 e. The first-order valence-corrected chi connectivity index (χ1v) is 8.59. The van der Waals surface area contributed by atoms with Gasteiger partial charge in [-0.1, -0.05) is 12.1 Å². The molecular weight excluding hydrogens is 399 g/mol. The SMILES string of the molecule is Cc1ccc(-c2nc(N)c(C#N)c(-c3ccco3)c2C)cc1C.O=C(O)C(F)(F)F. The second-order valence-electron chi connectivity index (χ2n) is 6.41. The van der Waals surface area contributed by atoms with Crippen molar-refractivity contribution in [2.45, 2.75) is 26.9 Å². The highest BCUT2D eigenvalue weighted by Gasteiger charge is 2.38. The van der Waals surface area contributed by atoms with E-state index in [1.54, 1.807) is 12.3 Å². The minimum atomic E-state index is -5.08. The molecule has 6 nitrogen and oxygen atoms in total. The van der Waals surface area contributed by atoms with Crippen LogP contribution in [0.15, 0.2) is 41.0 Å². The third-order valence-electron chi connectivity index (χ3n) is 4.37. The van der Waals surface area contributed by atoms with Gasteiger partial charge in [-0.3, -0.25) is 0 Å². The van der Waals surface area contributed by atoms with Crippen LogP contribution < -0.4 is 5.73 Å². The van der Waals surface area contributed by atoms with E-state index in [4.69, 9.17) is 20.1 Å². The lowest BCUT2D eigenvalue weighted by Crippen LogP contribution is -2.21. The lowest BCUT2D eigenvalue weighted by atomic mass is 9.95. The topological polar surface area (TPSA) is 113 Å². The Labute approximate surface area is 170 Å². The number of carboxylic acids is 1. The molecule has 0 atom stereocenters. The molecule has 0 aliphatic rings. The van der Waals surface area contributed by atoms with Crippen molar-refractivity contribution < 1.29 is 27.5 Å². The largest absolute Gasteiger partial charge is 0.490 e. The van der Waals surface area contributed by atoms with Gasteiger partial charge >= 0.3 is 12.1 Å². The number of aliphatic carboxylic acids is 1. The van der Waals surface area contributed by atoms with Crippen LogP contribution in [0.25, 0.3) is 22.6 Å². The Morgan fingerprint density at radius 1 is 1.20 bits per heavy atom. The molecule has 3 aromatic rings. The quantitative estimate of drug-likeness (QED) is 0.605. The van der Waals surface area contributed by atoms with E-state index in [2.05, 4.69) is 37.0 Å². The van der Waals surface area contributed by atoms with Gasteiger partial charge in [-0.25, -0.2) is 9.78 Å². The molecule has 156 valence electrons. The molecule has 9 heteroatoms. The van der Waals surface area contributed by atoms with Crippen molar-refractivity contribution in [3.05, 3.63) is 58.8 Å². The molecular formula is C21H18F3N3O3. The minimum absolute atomic E-state index is 0.220. The number of nitrogens with two attached hydrogens (primary N) is 1. The van der Waals surface area contributed by atoms with Gasteiger partial charge in [0.2, 0.25) is 0 Å². The number of rotatable bonds is 2. The lowest BCUT2D eigenvalue weighted by molar-refractivity contribution is -0.192. The van der Waals surface area contributed by atoms with Crippen LogP contribution in [0.3, 0.4) is 0 Å². The van der Waals surface area contributed by atoms with Crippen molar-refractivity contribution in [2.24, 2.45) is 0 Å². The van der Waals surface area contributed by atoms with Crippen molar-refractivity contribution in [3.8, 4) is 28.7 Å². The number of nitrogen functional groups attached to an aromatic ring is 1. The standard InChI is InChI=1S/C19H17N3O.C2HF3O2/c1-11-6-7-14(9-12(11)2)18-13(3)17(16-5-4-8-23-16)15(10-20)19(21)22-18;3-2(4,5)1(6)7/h4-9H,1-3H3,(H2,21,22);(H,6,7). The van der Waals surface area contributed by atoms with Gasteiger partial charge in [-0.15, -0.1) is 0 Å². The predicted molar refractivity (Wildman–Crippen MR) is 104 cm³/mol. The summed E-state index contributed by atoms with van der Waals surface area (Å²) < 4.78 is 37.2. The van der Waals surface area contributed by atoms with Crippen LogP contribution >= 0.6 is 0 Å². The first-order valence-electron chi connectivity index (χ1n) is 8.59. The minimum Gasteiger partial charge on any atom is -0.475 e. The highest BCUT2D eigenvalue weighted by molar-refractivity contribution is 5.82. The number of benzene rings is 1. The molecule has 2 heterocycles. The maximum absolute atomic E-state index is 10.6. The molecule has 0 saturated heterocycles. The van der Waals surface area contributed by atoms with Crippen LogP contribution in [0.4, 0.5) is 19.0 Å². The van der Waals surface area contributed by atoms with Crippen molar-refractivity contribution in [1.29, 1.82) is 5.26 Å². The summed E-state index contributed by atoms with van der Waals surface area (Å²) in [5.74, 6) is -1.91. The number of halogens is 3. The molecule has 0 saturated carbocycles. The van der Waals surface area contributed by atoms with E-state index in [0.29, 0.717) is 16.9 Å². The second kappa shape index (κ2) is 8.69. The number of pyridine rings is 1. The van der Waals surface area contributed by atoms with Crippen molar-refractivity contribution >= 4 is 11.8 Å². The molecule has 3 rings (SSSR count). The fraction of sp³-hybridized carbons (Fsp3) is 0.190. The van der Waals surface area contributed by atoms with Crippen molar-refractivity contribution in [1.82, 2.24) is 4.98 Å². The van der Waals surface area contributed by atoms with Crippen LogP contribution in [0.1, 0.15) is 22.3 Å². The average Bonchev–Trinajstić information content (AvgIpc) is 3.19. The summed E-state index contributed by atoms with van der Waals surface area (Å²) in [6, 6.07) is 11.9. The summed E-state index contributed by atoms with van der Waals surface area (Å²) in [6.07, 6.45) is -3.50. The first kappa shape index (κ1) is 22.5. The maximum Gasteiger partial charge on any atom is 0.490 e. The number of alkyl halides is 3. The van der Waals surface area contributed by atoms with Crippen LogP contribution in [-0.4, -0.2) is 22.2 Å². The summed E-state index contributed by atoms with van der Waals surface area (Å²) in [5.41, 5.74) is 12.1. The maximum atomic E-state index is 10.6. The fourth-order valence-electron chi connectivity index (χ4n) is 2.71. The highest BCUT2D eigenvalue weighted by Crippen LogP contribution is 2.36. The first-order chi connectivity index (χ1) is 14.0. The zero-order valence-electron chi connectivity index (χ0n) is 16.3. The van der Waals surface area contributed by atoms with Gasteiger partial charge < -0.3 is 15.3 Å². The second-order valence-corrected chi connectivity index (χ2v) is 6.41. The van der Waals surface area contributed by atoms with E-state index in [0.717, 1.165) is 16.8 Å². The van der Waals surface area contributed by atoms with E-state index in [1.807, 2.05) is 19.1 Å². The van der Waals surface area contributed by atoms with E-state index in [-0.39, 0.29) is 5.82 Å². The Morgan fingerprint density at radius 2 is 1.83 bits per heavy atom. The summed E-state index contributed by atoms with van der Waals surface area (Å²) in [7, 11) is 0. The molecule has 0 bridgehead atoms. The summed E-state index contributed by atoms with van der Waals surface area (Å²) >= 11 is 0. The monoisotopic (exact) mass is 417 g/mol. The fourth-order valence-corrected chi connectivity index (χ4v) is 2.71. The molecule has 0 radical (unpaired) electrons. The van der Waals surface area contributed by atoms with E-state index < -0.39 is 12.1 Å². The number of aromatic nitrogens is 1. The molecule has 0 aliphatic carbocycles. The van der Waals surface area contributed by atoms with Crippen LogP contribution in [0.5, 0.6) is 0 Å². The third-order valence-corrected chi connectivity index (χ3v) is 4.37. The number of furan rings is 1. The lowest BCUT2D eigenvalue weighted by Gasteiger charge is -2.14. The number of anilines is 1. The number of nitriles is 1. The summed E-state index contributed by atoms with van der Waals surface area (Å²) in [6.45, 7) is 6.07. The molecule has 30 heavy (non-hydrogen) atoms. The molecule has 0 fully saturated rings. The molecule has 0 amide bonds. The Morgan fingerprint density at radius 3 is 2.30 bits per heavy atom. The highest BCUT2D eigenvalue weighted by atomic mass is 19.4. The van der Waals surface area contributed by atoms with Gasteiger partial charge in [0, 0.05) is 11.1 Å². The van der Waals surface area contributed by atoms with E-state index in [1.165, 1.54) is 11.1 Å². The number of carboxylic acid groups (broad SMARTS) is 1. The molecule has 3 N–H and O–H groups in total. The van der Waals surface area contributed by atoms with Gasteiger partial charge in [0.25, 0.3) is 0 Å². The number of hydrogen-bond donors (Lipinski definition) is 2. The average molecular weight is 417 g/mol. The van der Waals surface area contributed by atoms with Gasteiger partial charge in [0.1, 0.15) is 23.2 Å². The Bertz CT molecular complexity index is 1120. The van der Waals surface area contributed by atoms with Gasteiger partial charge in [-0.05, 0) is 55.7 Å². The Balaban J connectivity index is 0.000000396. The molecule has 2 aromatic heterocycles. The Hall–Kier alpha value is -3.80. The summed E-state index contributed by atoms with van der Waals surface area (Å²) in [4.78, 5) is 13.4. The normalized spacial score (nSPS) is 10.7. The van der Waals surface area contributed by atoms with Crippen LogP contribution in [-0.2, 0) is 4.79 Å². The van der Waals surface area contributed by atoms with E-state index in [9.17, 15) is 18.4 Å². The Kier molecular flexibility index (Phi) is 6.52. The zero-order chi connectivity index (χ0) is 22.6. The van der Waals surface area contributed by atoms with Crippen LogP contribution in [0, 0.1) is 32.1 Å². The van der Waals surface area contributed by atoms with Crippen molar-refractivity contribution in [3.63, 3.8) is 0 Å². The summed E-state index contributed by atoms with van der Waals surface area (Å²) in [5, 5.41) is 16.6. The van der Waals surface area contributed by atoms with Crippen LogP contribution in [0.2, 0.25) is 0 Å². The third kappa shape index (κ3) is 4.78. The van der Waals surface area contributed by atoms with Gasteiger partial charge in [0.15, 0.2) is 0 Å². The number of hydrogen-bond acceptors (Lipinski definition) is 5. The van der Waals surface area contributed by atoms with Gasteiger partial charge in [-0.2, -0.15) is 18.4 Å². The molecule has 1 aromatic carbocycles. The predicted octanol–water partition coefficient (Wildman–Crippen LogP) is 5.02. The van der Waals surface area contributed by atoms with Gasteiger partial charge in [0.05, 0.1) is 12.0 Å². The van der Waals surface area contributed by atoms with Crippen molar-refractivity contribution in [2.75, 3.05) is 5.73 Å².